The first-order valence-electron chi connectivity index (χ1n) is 11.4. The van der Waals surface area contributed by atoms with Gasteiger partial charge < -0.3 is 25.2 Å². The normalized spacial score (nSPS) is 23.1. The Balaban J connectivity index is 1.67. The number of amides is 2. The van der Waals surface area contributed by atoms with Crippen LogP contribution in [-0.2, 0) is 6.42 Å². The second kappa shape index (κ2) is 8.22. The van der Waals surface area contributed by atoms with Gasteiger partial charge in [0.15, 0.2) is 0 Å². The third-order valence-electron chi connectivity index (χ3n) is 6.72. The van der Waals surface area contributed by atoms with Gasteiger partial charge in [0.1, 0.15) is 5.60 Å². The van der Waals surface area contributed by atoms with E-state index < -0.39 is 5.60 Å². The number of carbonyl (C=O) groups is 1. The predicted molar refractivity (Wildman–Crippen MR) is 124 cm³/mol. The molecule has 31 heavy (non-hydrogen) atoms. The molecule has 0 spiro atoms. The molecule has 2 amide bonds. The molecule has 166 valence electrons. The molecule has 1 fully saturated rings. The van der Waals surface area contributed by atoms with Crippen LogP contribution in [0, 0.1) is 11.8 Å². The Bertz CT molecular complexity index is 1040. The highest BCUT2D eigenvalue weighted by Gasteiger charge is 2.40. The average molecular weight is 423 g/mol. The summed E-state index contributed by atoms with van der Waals surface area (Å²) in [5.74, 6) is 6.51. The Morgan fingerprint density at radius 1 is 1.35 bits per heavy atom. The van der Waals surface area contributed by atoms with Gasteiger partial charge in [-0.1, -0.05) is 18.1 Å². The maximum absolute atomic E-state index is 12.6. The molecule has 0 saturated carbocycles. The van der Waals surface area contributed by atoms with E-state index >= 15 is 0 Å². The molecule has 1 aromatic carbocycles. The zero-order valence-electron chi connectivity index (χ0n) is 19.2. The molecule has 2 aromatic rings. The quantitative estimate of drug-likeness (QED) is 0.666. The standard InChI is InChI=1S/C25H34N4O2/c1-6-29(7-2)24(30)26-16-13-18-17-9-8-10-21-23(17)19(14-22(18)28(5)15-16)20(27-21)11-12-25(3,4)31/h8-10,16,18,22,27,31H,6-7,13-15H2,1-5H3,(H,26,30)/t16-,18+,22+/m0/s1. The number of aromatic amines is 1. The molecular weight excluding hydrogens is 388 g/mol. The van der Waals surface area contributed by atoms with E-state index in [9.17, 15) is 9.90 Å². The van der Waals surface area contributed by atoms with Gasteiger partial charge in [0.25, 0.3) is 0 Å². The molecule has 6 nitrogen and oxygen atoms in total. The lowest BCUT2D eigenvalue weighted by molar-refractivity contribution is 0.124. The Morgan fingerprint density at radius 3 is 2.77 bits per heavy atom. The number of nitrogens with zero attached hydrogens (tertiary/aromatic N) is 2. The number of aromatic nitrogens is 1. The van der Waals surface area contributed by atoms with Gasteiger partial charge in [0.05, 0.1) is 5.69 Å². The van der Waals surface area contributed by atoms with E-state index in [-0.39, 0.29) is 12.1 Å². The third-order valence-corrected chi connectivity index (χ3v) is 6.72. The molecule has 0 bridgehead atoms. The Hall–Kier alpha value is -2.49. The largest absolute Gasteiger partial charge is 0.378 e. The topological polar surface area (TPSA) is 71.6 Å². The molecule has 2 aliphatic rings. The van der Waals surface area contributed by atoms with Crippen LogP contribution >= 0.6 is 0 Å². The first-order chi connectivity index (χ1) is 14.7. The van der Waals surface area contributed by atoms with E-state index in [1.807, 2.05) is 18.7 Å². The summed E-state index contributed by atoms with van der Waals surface area (Å²) in [6, 6.07) is 6.96. The number of hydrogen-bond acceptors (Lipinski definition) is 3. The van der Waals surface area contributed by atoms with Gasteiger partial charge in [-0.3, -0.25) is 0 Å². The van der Waals surface area contributed by atoms with Crippen molar-refractivity contribution in [3.05, 3.63) is 35.0 Å². The van der Waals surface area contributed by atoms with Crippen molar-refractivity contribution >= 4 is 16.9 Å². The van der Waals surface area contributed by atoms with Gasteiger partial charge in [0, 0.05) is 48.5 Å². The Morgan fingerprint density at radius 2 is 2.10 bits per heavy atom. The van der Waals surface area contributed by atoms with Crippen LogP contribution in [0.3, 0.4) is 0 Å². The maximum atomic E-state index is 12.6. The highest BCUT2D eigenvalue weighted by Crippen LogP contribution is 2.44. The minimum absolute atomic E-state index is 0.0300. The van der Waals surface area contributed by atoms with Gasteiger partial charge in [-0.2, -0.15) is 0 Å². The van der Waals surface area contributed by atoms with Crippen molar-refractivity contribution in [2.45, 2.75) is 64.1 Å². The van der Waals surface area contributed by atoms with Crippen LogP contribution in [0.5, 0.6) is 0 Å². The fourth-order valence-corrected chi connectivity index (χ4v) is 5.23. The lowest BCUT2D eigenvalue weighted by atomic mass is 9.73. The van der Waals surface area contributed by atoms with E-state index in [1.165, 1.54) is 16.5 Å². The summed E-state index contributed by atoms with van der Waals surface area (Å²) in [6.45, 7) is 9.72. The number of likely N-dealkylation sites (tertiary alicyclic amines) is 1. The fraction of sp³-hybridized carbons (Fsp3) is 0.560. The van der Waals surface area contributed by atoms with Crippen molar-refractivity contribution in [2.75, 3.05) is 26.7 Å². The molecule has 1 aromatic heterocycles. The number of urea groups is 1. The van der Waals surface area contributed by atoms with E-state index in [0.717, 1.165) is 43.7 Å². The van der Waals surface area contributed by atoms with Crippen molar-refractivity contribution in [1.82, 2.24) is 20.1 Å². The van der Waals surface area contributed by atoms with Crippen LogP contribution in [0.25, 0.3) is 10.9 Å². The molecule has 6 heteroatoms. The summed E-state index contributed by atoms with van der Waals surface area (Å²) in [4.78, 5) is 20.4. The summed E-state index contributed by atoms with van der Waals surface area (Å²) in [7, 11) is 2.16. The van der Waals surface area contributed by atoms with Crippen molar-refractivity contribution in [3.8, 4) is 11.8 Å². The van der Waals surface area contributed by atoms with Crippen LogP contribution in [0.1, 0.15) is 56.9 Å². The maximum Gasteiger partial charge on any atom is 0.317 e. The van der Waals surface area contributed by atoms with Gasteiger partial charge in [0.2, 0.25) is 0 Å². The van der Waals surface area contributed by atoms with Gasteiger partial charge in [-0.05, 0) is 70.7 Å². The minimum atomic E-state index is -1.03. The first-order valence-corrected chi connectivity index (χ1v) is 11.4. The summed E-state index contributed by atoms with van der Waals surface area (Å²) in [6.07, 6.45) is 1.86. The molecule has 1 aliphatic heterocycles. The van der Waals surface area contributed by atoms with Crippen LogP contribution in [0.4, 0.5) is 4.79 Å². The highest BCUT2D eigenvalue weighted by molar-refractivity contribution is 5.90. The summed E-state index contributed by atoms with van der Waals surface area (Å²) < 4.78 is 0. The number of piperidine rings is 1. The molecule has 2 heterocycles. The van der Waals surface area contributed by atoms with Crippen molar-refractivity contribution in [3.63, 3.8) is 0 Å². The first kappa shape index (κ1) is 21.7. The number of aliphatic hydroxyl groups is 1. The van der Waals surface area contributed by atoms with Crippen molar-refractivity contribution < 1.29 is 9.90 Å². The summed E-state index contributed by atoms with van der Waals surface area (Å²) in [5.41, 5.74) is 3.57. The molecule has 0 unspecified atom stereocenters. The molecule has 3 N–H and O–H groups in total. The van der Waals surface area contributed by atoms with Crippen LogP contribution in [-0.4, -0.2) is 70.3 Å². The van der Waals surface area contributed by atoms with Crippen molar-refractivity contribution in [2.24, 2.45) is 0 Å². The van der Waals surface area contributed by atoms with Gasteiger partial charge in [-0.25, -0.2) is 4.79 Å². The van der Waals surface area contributed by atoms with Gasteiger partial charge >= 0.3 is 6.03 Å². The molecule has 3 atom stereocenters. The Labute approximate surface area is 185 Å². The molecule has 0 radical (unpaired) electrons. The van der Waals surface area contributed by atoms with Gasteiger partial charge in [-0.15, -0.1) is 0 Å². The molecule has 1 saturated heterocycles. The number of fused-ring (bicyclic) bond motifs is 2. The van der Waals surface area contributed by atoms with E-state index in [0.29, 0.717) is 12.0 Å². The zero-order chi connectivity index (χ0) is 22.3. The monoisotopic (exact) mass is 422 g/mol. The zero-order valence-corrected chi connectivity index (χ0v) is 19.2. The Kier molecular flexibility index (Phi) is 5.76. The van der Waals surface area contributed by atoms with E-state index in [1.54, 1.807) is 13.8 Å². The third kappa shape index (κ3) is 4.17. The minimum Gasteiger partial charge on any atom is -0.378 e. The van der Waals surface area contributed by atoms with Crippen LogP contribution < -0.4 is 5.32 Å². The molecule has 4 rings (SSSR count). The molecular formula is C25H34N4O2. The number of hydrogen-bond donors (Lipinski definition) is 3. The van der Waals surface area contributed by atoms with E-state index in [4.69, 9.17) is 0 Å². The summed E-state index contributed by atoms with van der Waals surface area (Å²) in [5, 5.41) is 14.6. The predicted octanol–water partition coefficient (Wildman–Crippen LogP) is 3.05. The number of benzene rings is 1. The number of rotatable bonds is 3. The SMILES string of the molecule is CCN(CC)C(=O)N[C@H]1C[C@@H]2c3cccc4[nH]c(C#CC(C)(C)O)c(c34)C[C@H]2N(C)C1. The number of likely N-dealkylation sites (N-methyl/N-ethyl adjacent to an activating group) is 1. The number of carbonyl (C=O) groups excluding carboxylic acids is 1. The number of H-pyrrole nitrogens is 1. The number of nitrogens with one attached hydrogen (secondary N) is 2. The smallest absolute Gasteiger partial charge is 0.317 e. The highest BCUT2D eigenvalue weighted by atomic mass is 16.3. The average Bonchev–Trinajstić information content (AvgIpc) is 3.07. The second-order valence-corrected chi connectivity index (χ2v) is 9.43. The van der Waals surface area contributed by atoms with Crippen molar-refractivity contribution in [1.29, 1.82) is 0 Å². The fourth-order valence-electron chi connectivity index (χ4n) is 5.23. The molecule has 1 aliphatic carbocycles. The second-order valence-electron chi connectivity index (χ2n) is 9.43. The summed E-state index contributed by atoms with van der Waals surface area (Å²) >= 11 is 0. The van der Waals surface area contributed by atoms with E-state index in [2.05, 4.69) is 52.3 Å². The lowest BCUT2D eigenvalue weighted by Crippen LogP contribution is -2.56. The lowest BCUT2D eigenvalue weighted by Gasteiger charge is -2.46. The van der Waals surface area contributed by atoms with Crippen LogP contribution in [0.2, 0.25) is 0 Å². The van der Waals surface area contributed by atoms with Crippen LogP contribution in [0.15, 0.2) is 18.2 Å².